The van der Waals surface area contributed by atoms with Gasteiger partial charge in [0.05, 0.1) is 14.5 Å². The van der Waals surface area contributed by atoms with Crippen molar-refractivity contribution in [2.45, 2.75) is 0 Å². The monoisotopic (exact) mass is 393 g/mol. The maximum absolute atomic E-state index is 9.72. The van der Waals surface area contributed by atoms with Crippen LogP contribution >= 0.6 is 31.9 Å². The molecule has 4 nitrogen and oxygen atoms in total. The lowest BCUT2D eigenvalue weighted by Crippen LogP contribution is -1.96. The van der Waals surface area contributed by atoms with Gasteiger partial charge in [-0.1, -0.05) is 12.1 Å². The number of para-hydroxylation sites is 1. The van der Waals surface area contributed by atoms with Crippen molar-refractivity contribution >= 4 is 54.3 Å². The van der Waals surface area contributed by atoms with E-state index >= 15 is 0 Å². The van der Waals surface area contributed by atoms with Crippen molar-refractivity contribution in [2.24, 2.45) is 0 Å². The molecular weight excluding hydrogens is 386 g/mol. The Kier molecular flexibility index (Phi) is 3.58. The quantitative estimate of drug-likeness (QED) is 0.623. The third-order valence-electron chi connectivity index (χ3n) is 2.82. The molecule has 0 amide bonds. The number of aromatic nitrogens is 2. The molecule has 0 bridgehead atoms. The number of phenolic OH excluding ortho intramolecular Hbond substituents is 1. The second kappa shape index (κ2) is 5.38. The van der Waals surface area contributed by atoms with Gasteiger partial charge < -0.3 is 10.4 Å². The van der Waals surface area contributed by atoms with E-state index in [1.807, 2.05) is 24.3 Å². The first-order valence-electron chi connectivity index (χ1n) is 5.80. The van der Waals surface area contributed by atoms with Gasteiger partial charge in [0.25, 0.3) is 0 Å². The number of phenols is 1. The van der Waals surface area contributed by atoms with Crippen LogP contribution in [0.5, 0.6) is 5.75 Å². The zero-order valence-corrected chi connectivity index (χ0v) is 13.3. The molecule has 0 unspecified atom stereocenters. The summed E-state index contributed by atoms with van der Waals surface area (Å²) in [6.07, 6.45) is 1.52. The van der Waals surface area contributed by atoms with E-state index in [-0.39, 0.29) is 5.75 Å². The van der Waals surface area contributed by atoms with Crippen molar-refractivity contribution < 1.29 is 5.11 Å². The number of hydrogen-bond acceptors (Lipinski definition) is 4. The number of nitrogens with zero attached hydrogens (tertiary/aromatic N) is 2. The minimum Gasteiger partial charge on any atom is -0.506 e. The van der Waals surface area contributed by atoms with Gasteiger partial charge >= 0.3 is 0 Å². The van der Waals surface area contributed by atoms with Crippen LogP contribution in [0.15, 0.2) is 51.7 Å². The molecule has 2 N–H and O–H groups in total. The largest absolute Gasteiger partial charge is 0.506 e. The SMILES string of the molecule is Oc1c(Br)cc(Nc2ncnc3ccccc23)cc1Br. The molecule has 0 spiro atoms. The van der Waals surface area contributed by atoms with Gasteiger partial charge in [-0.05, 0) is 56.1 Å². The molecule has 3 rings (SSSR count). The van der Waals surface area contributed by atoms with Gasteiger partial charge in [-0.25, -0.2) is 9.97 Å². The third kappa shape index (κ3) is 2.48. The topological polar surface area (TPSA) is 58.0 Å². The van der Waals surface area contributed by atoms with E-state index in [0.717, 1.165) is 22.4 Å². The van der Waals surface area contributed by atoms with Crippen LogP contribution in [0.3, 0.4) is 0 Å². The molecule has 0 fully saturated rings. The highest BCUT2D eigenvalue weighted by molar-refractivity contribution is 9.11. The fraction of sp³-hybridized carbons (Fsp3) is 0. The fourth-order valence-electron chi connectivity index (χ4n) is 1.88. The van der Waals surface area contributed by atoms with Crippen molar-refractivity contribution in [1.82, 2.24) is 9.97 Å². The lowest BCUT2D eigenvalue weighted by molar-refractivity contribution is 0.468. The van der Waals surface area contributed by atoms with Crippen LogP contribution in [0.1, 0.15) is 0 Å². The lowest BCUT2D eigenvalue weighted by Gasteiger charge is -2.10. The number of aromatic hydroxyl groups is 1. The van der Waals surface area contributed by atoms with E-state index in [9.17, 15) is 5.11 Å². The molecule has 0 saturated heterocycles. The average Bonchev–Trinajstić information content (AvgIpc) is 2.45. The van der Waals surface area contributed by atoms with Gasteiger partial charge in [0, 0.05) is 11.1 Å². The van der Waals surface area contributed by atoms with E-state index < -0.39 is 0 Å². The van der Waals surface area contributed by atoms with Crippen LogP contribution in [0, 0.1) is 0 Å². The fourth-order valence-corrected chi connectivity index (χ4v) is 3.07. The summed E-state index contributed by atoms with van der Waals surface area (Å²) in [4.78, 5) is 8.49. The third-order valence-corrected chi connectivity index (χ3v) is 4.03. The molecular formula is C14H9Br2N3O. The number of fused-ring (bicyclic) bond motifs is 1. The Bertz CT molecular complexity index is 764. The first-order chi connectivity index (χ1) is 9.65. The molecule has 1 aromatic heterocycles. The molecule has 0 aliphatic rings. The Balaban J connectivity index is 2.06. The minimum absolute atomic E-state index is 0.170. The summed E-state index contributed by atoms with van der Waals surface area (Å²) < 4.78 is 1.21. The predicted octanol–water partition coefficient (Wildman–Crippen LogP) is 4.60. The van der Waals surface area contributed by atoms with Gasteiger partial charge in [0.1, 0.15) is 17.9 Å². The number of nitrogens with one attached hydrogen (secondary N) is 1. The number of halogens is 2. The van der Waals surface area contributed by atoms with Crippen LogP contribution in [0.25, 0.3) is 10.9 Å². The molecule has 0 radical (unpaired) electrons. The van der Waals surface area contributed by atoms with Crippen molar-refractivity contribution in [3.63, 3.8) is 0 Å². The van der Waals surface area contributed by atoms with Crippen LogP contribution in [0.2, 0.25) is 0 Å². The molecule has 1 heterocycles. The summed E-state index contributed by atoms with van der Waals surface area (Å²) in [5, 5.41) is 13.9. The molecule has 20 heavy (non-hydrogen) atoms. The second-order valence-electron chi connectivity index (χ2n) is 4.15. The average molecular weight is 395 g/mol. The summed E-state index contributed by atoms with van der Waals surface area (Å²) in [7, 11) is 0. The highest BCUT2D eigenvalue weighted by Crippen LogP contribution is 2.36. The maximum Gasteiger partial charge on any atom is 0.144 e. The zero-order chi connectivity index (χ0) is 14.1. The Hall–Kier alpha value is -1.66. The Labute approximate surface area is 132 Å². The standard InChI is InChI=1S/C14H9Br2N3O/c15-10-5-8(6-11(16)13(10)20)19-14-9-3-1-2-4-12(9)17-7-18-14/h1-7,20H,(H,17,18,19). The number of anilines is 2. The normalized spacial score (nSPS) is 10.7. The highest BCUT2D eigenvalue weighted by atomic mass is 79.9. The van der Waals surface area contributed by atoms with Crippen molar-refractivity contribution in [3.8, 4) is 5.75 Å². The number of rotatable bonds is 2. The summed E-state index contributed by atoms with van der Waals surface area (Å²) in [6.45, 7) is 0. The molecule has 0 aliphatic carbocycles. The van der Waals surface area contributed by atoms with Gasteiger partial charge in [-0.15, -0.1) is 0 Å². The van der Waals surface area contributed by atoms with E-state index in [1.165, 1.54) is 6.33 Å². The first-order valence-corrected chi connectivity index (χ1v) is 7.38. The van der Waals surface area contributed by atoms with E-state index in [4.69, 9.17) is 0 Å². The van der Waals surface area contributed by atoms with Crippen LogP contribution in [0.4, 0.5) is 11.5 Å². The summed E-state index contributed by atoms with van der Waals surface area (Å²) in [5.41, 5.74) is 1.69. The van der Waals surface area contributed by atoms with E-state index in [1.54, 1.807) is 12.1 Å². The van der Waals surface area contributed by atoms with Gasteiger partial charge in [-0.3, -0.25) is 0 Å². The summed E-state index contributed by atoms with van der Waals surface area (Å²) >= 11 is 6.61. The Morgan fingerprint density at radius 2 is 1.70 bits per heavy atom. The highest BCUT2D eigenvalue weighted by Gasteiger charge is 2.08. The predicted molar refractivity (Wildman–Crippen MR) is 86.3 cm³/mol. The molecule has 2 aromatic carbocycles. The van der Waals surface area contributed by atoms with Crippen LogP contribution in [-0.4, -0.2) is 15.1 Å². The summed E-state index contributed by atoms with van der Waals surface area (Å²) in [6, 6.07) is 11.4. The van der Waals surface area contributed by atoms with Crippen LogP contribution < -0.4 is 5.32 Å². The molecule has 3 aromatic rings. The van der Waals surface area contributed by atoms with Gasteiger partial charge in [-0.2, -0.15) is 0 Å². The minimum atomic E-state index is 0.170. The second-order valence-corrected chi connectivity index (χ2v) is 5.86. The van der Waals surface area contributed by atoms with Gasteiger partial charge in [0.15, 0.2) is 0 Å². The summed E-state index contributed by atoms with van der Waals surface area (Å²) in [5.74, 6) is 0.892. The van der Waals surface area contributed by atoms with Gasteiger partial charge in [0.2, 0.25) is 0 Å². The van der Waals surface area contributed by atoms with E-state index in [2.05, 4.69) is 47.1 Å². The molecule has 100 valence electrons. The smallest absolute Gasteiger partial charge is 0.144 e. The van der Waals surface area contributed by atoms with Crippen molar-refractivity contribution in [3.05, 3.63) is 51.7 Å². The lowest BCUT2D eigenvalue weighted by atomic mass is 10.2. The molecule has 0 aliphatic heterocycles. The molecule has 0 saturated carbocycles. The maximum atomic E-state index is 9.72. The first kappa shape index (κ1) is 13.3. The molecule has 6 heteroatoms. The Morgan fingerprint density at radius 3 is 2.45 bits per heavy atom. The van der Waals surface area contributed by atoms with Crippen molar-refractivity contribution in [2.75, 3.05) is 5.32 Å². The number of hydrogen-bond donors (Lipinski definition) is 2. The molecule has 0 atom stereocenters. The number of benzene rings is 2. The van der Waals surface area contributed by atoms with E-state index in [0.29, 0.717) is 8.95 Å². The van der Waals surface area contributed by atoms with Crippen LogP contribution in [-0.2, 0) is 0 Å². The van der Waals surface area contributed by atoms with Crippen molar-refractivity contribution in [1.29, 1.82) is 0 Å². The Morgan fingerprint density at radius 1 is 1.00 bits per heavy atom. The zero-order valence-electron chi connectivity index (χ0n) is 10.1.